The van der Waals surface area contributed by atoms with Gasteiger partial charge >= 0.3 is 5.97 Å². The molecule has 1 atom stereocenters. The maximum absolute atomic E-state index is 13.4. The molecule has 0 unspecified atom stereocenters. The van der Waals surface area contributed by atoms with E-state index in [4.69, 9.17) is 4.74 Å². The third-order valence-corrected chi connectivity index (χ3v) is 3.81. The molecule has 0 saturated carbocycles. The van der Waals surface area contributed by atoms with E-state index in [1.807, 2.05) is 0 Å². The Hall–Kier alpha value is -2.41. The third kappa shape index (κ3) is 2.43. The average molecular weight is 306 g/mol. The Morgan fingerprint density at radius 1 is 1.41 bits per heavy atom. The zero-order valence-electron chi connectivity index (χ0n) is 11.9. The Kier molecular flexibility index (Phi) is 3.58. The molecule has 0 radical (unpaired) electrons. The average Bonchev–Trinajstić information content (AvgIpc) is 2.90. The molecule has 2 N–H and O–H groups in total. The number of morpholine rings is 1. The van der Waals surface area contributed by atoms with Gasteiger partial charge in [-0.15, -0.1) is 0 Å². The van der Waals surface area contributed by atoms with Gasteiger partial charge in [0.2, 0.25) is 0 Å². The van der Waals surface area contributed by atoms with Gasteiger partial charge in [-0.2, -0.15) is 0 Å². The third-order valence-electron chi connectivity index (χ3n) is 3.81. The number of nitrogens with zero attached hydrogens (tertiary/aromatic N) is 1. The van der Waals surface area contributed by atoms with Crippen LogP contribution in [0.15, 0.2) is 18.2 Å². The van der Waals surface area contributed by atoms with Crippen LogP contribution in [0.4, 0.5) is 4.39 Å². The van der Waals surface area contributed by atoms with Crippen molar-refractivity contribution in [2.45, 2.75) is 13.0 Å². The van der Waals surface area contributed by atoms with Gasteiger partial charge in [0.25, 0.3) is 5.91 Å². The summed E-state index contributed by atoms with van der Waals surface area (Å²) in [4.78, 5) is 27.9. The second kappa shape index (κ2) is 5.42. The summed E-state index contributed by atoms with van der Waals surface area (Å²) in [7, 11) is 0. The van der Waals surface area contributed by atoms with Crippen molar-refractivity contribution in [1.82, 2.24) is 9.88 Å². The van der Waals surface area contributed by atoms with Crippen LogP contribution < -0.4 is 0 Å². The van der Waals surface area contributed by atoms with E-state index in [0.29, 0.717) is 17.7 Å². The second-order valence-electron chi connectivity index (χ2n) is 5.29. The molecule has 1 aliphatic heterocycles. The van der Waals surface area contributed by atoms with Gasteiger partial charge in [0.1, 0.15) is 11.5 Å². The van der Waals surface area contributed by atoms with Crippen LogP contribution in [0.25, 0.3) is 10.9 Å². The number of carboxylic acid groups (broad SMARTS) is 1. The zero-order chi connectivity index (χ0) is 15.9. The van der Waals surface area contributed by atoms with Crippen molar-refractivity contribution in [2.24, 2.45) is 0 Å². The lowest BCUT2D eigenvalue weighted by atomic mass is 10.1. The Balaban J connectivity index is 1.97. The number of H-pyrrole nitrogens is 1. The summed E-state index contributed by atoms with van der Waals surface area (Å²) >= 11 is 0. The minimum absolute atomic E-state index is 0.0328. The van der Waals surface area contributed by atoms with Crippen molar-refractivity contribution in [3.63, 3.8) is 0 Å². The highest BCUT2D eigenvalue weighted by Gasteiger charge is 2.33. The molecule has 1 aromatic carbocycles. The van der Waals surface area contributed by atoms with E-state index in [0.717, 1.165) is 5.39 Å². The topological polar surface area (TPSA) is 82.6 Å². The Morgan fingerprint density at radius 2 is 2.18 bits per heavy atom. The molecule has 1 aliphatic rings. The van der Waals surface area contributed by atoms with Gasteiger partial charge in [-0.1, -0.05) is 0 Å². The molecule has 0 spiro atoms. The summed E-state index contributed by atoms with van der Waals surface area (Å²) < 4.78 is 18.5. The van der Waals surface area contributed by atoms with E-state index < -0.39 is 17.9 Å². The first-order valence-corrected chi connectivity index (χ1v) is 6.88. The molecule has 1 amide bonds. The first kappa shape index (κ1) is 14.5. The van der Waals surface area contributed by atoms with E-state index in [1.165, 1.54) is 17.0 Å². The molecule has 1 aromatic heterocycles. The number of hydrogen-bond donors (Lipinski definition) is 2. The van der Waals surface area contributed by atoms with Gasteiger partial charge in [-0.3, -0.25) is 4.79 Å². The van der Waals surface area contributed by atoms with Crippen molar-refractivity contribution in [3.05, 3.63) is 35.3 Å². The Bertz CT molecular complexity index is 755. The summed E-state index contributed by atoms with van der Waals surface area (Å²) in [5, 5.41) is 9.93. The standard InChI is InChI=1S/C15H15FN2O4/c1-8-4-9(16)5-11-10(8)6-12(17-11)14(19)18-2-3-22-7-13(18)15(20)21/h4-6,13,17H,2-3,7H2,1H3,(H,20,21)/t13-/m1/s1. The molecule has 0 bridgehead atoms. The van der Waals surface area contributed by atoms with Crippen LogP contribution in [0.5, 0.6) is 0 Å². The van der Waals surface area contributed by atoms with Gasteiger partial charge in [0.15, 0.2) is 6.04 Å². The van der Waals surface area contributed by atoms with Crippen LogP contribution >= 0.6 is 0 Å². The molecule has 116 valence electrons. The maximum Gasteiger partial charge on any atom is 0.328 e. The van der Waals surface area contributed by atoms with Crippen molar-refractivity contribution in [1.29, 1.82) is 0 Å². The largest absolute Gasteiger partial charge is 0.480 e. The lowest BCUT2D eigenvalue weighted by Crippen LogP contribution is -2.52. The van der Waals surface area contributed by atoms with Crippen molar-refractivity contribution < 1.29 is 23.8 Å². The fourth-order valence-electron chi connectivity index (χ4n) is 2.70. The molecule has 2 heterocycles. The molecule has 1 saturated heterocycles. The monoisotopic (exact) mass is 306 g/mol. The lowest BCUT2D eigenvalue weighted by Gasteiger charge is -2.32. The number of fused-ring (bicyclic) bond motifs is 1. The summed E-state index contributed by atoms with van der Waals surface area (Å²) in [6.07, 6.45) is 0. The molecule has 2 aromatic rings. The Morgan fingerprint density at radius 3 is 2.91 bits per heavy atom. The van der Waals surface area contributed by atoms with E-state index in [1.54, 1.807) is 13.0 Å². The van der Waals surface area contributed by atoms with Gasteiger partial charge in [0.05, 0.1) is 13.2 Å². The number of amides is 1. The van der Waals surface area contributed by atoms with Crippen molar-refractivity contribution in [2.75, 3.05) is 19.8 Å². The number of ether oxygens (including phenoxy) is 1. The molecule has 0 aliphatic carbocycles. The summed E-state index contributed by atoms with van der Waals surface area (Å²) in [6.45, 7) is 2.22. The Labute approximate surface area is 125 Å². The van der Waals surface area contributed by atoms with Crippen LogP contribution in [0.3, 0.4) is 0 Å². The highest BCUT2D eigenvalue weighted by atomic mass is 19.1. The highest BCUT2D eigenvalue weighted by Crippen LogP contribution is 2.23. The fraction of sp³-hybridized carbons (Fsp3) is 0.333. The molecular weight excluding hydrogens is 291 g/mol. The summed E-state index contributed by atoms with van der Waals surface area (Å²) in [5.41, 5.74) is 1.47. The number of carbonyl (C=O) groups excluding carboxylic acids is 1. The number of carbonyl (C=O) groups is 2. The number of halogens is 1. The van der Waals surface area contributed by atoms with E-state index >= 15 is 0 Å². The quantitative estimate of drug-likeness (QED) is 0.881. The SMILES string of the molecule is Cc1cc(F)cc2[nH]c(C(=O)N3CCOC[C@@H]3C(=O)O)cc12. The van der Waals surface area contributed by atoms with Crippen molar-refractivity contribution >= 4 is 22.8 Å². The van der Waals surface area contributed by atoms with Crippen LogP contribution in [0.2, 0.25) is 0 Å². The zero-order valence-corrected chi connectivity index (χ0v) is 11.9. The van der Waals surface area contributed by atoms with Crippen LogP contribution in [-0.2, 0) is 9.53 Å². The predicted octanol–water partition coefficient (Wildman–Crippen LogP) is 1.54. The number of benzene rings is 1. The number of hydrogen-bond acceptors (Lipinski definition) is 3. The molecule has 22 heavy (non-hydrogen) atoms. The number of nitrogens with one attached hydrogen (secondary N) is 1. The van der Waals surface area contributed by atoms with Gasteiger partial charge < -0.3 is 19.7 Å². The van der Waals surface area contributed by atoms with E-state index in [2.05, 4.69) is 4.98 Å². The summed E-state index contributed by atoms with van der Waals surface area (Å²) in [5.74, 6) is -1.92. The van der Waals surface area contributed by atoms with Crippen LogP contribution in [-0.4, -0.2) is 52.7 Å². The maximum atomic E-state index is 13.4. The number of carboxylic acids is 1. The molecule has 6 nitrogen and oxygen atoms in total. The van der Waals surface area contributed by atoms with Crippen LogP contribution in [0, 0.1) is 12.7 Å². The minimum atomic E-state index is -1.11. The summed E-state index contributed by atoms with van der Waals surface area (Å²) in [6, 6.07) is 3.32. The fourth-order valence-corrected chi connectivity index (χ4v) is 2.70. The molecule has 1 fully saturated rings. The number of aromatic amines is 1. The molecule has 7 heteroatoms. The first-order valence-electron chi connectivity index (χ1n) is 6.88. The molecule has 3 rings (SSSR count). The lowest BCUT2D eigenvalue weighted by molar-refractivity contribution is -0.147. The second-order valence-corrected chi connectivity index (χ2v) is 5.29. The normalized spacial score (nSPS) is 18.6. The van der Waals surface area contributed by atoms with E-state index in [-0.39, 0.29) is 24.7 Å². The van der Waals surface area contributed by atoms with Gasteiger partial charge in [-0.05, 0) is 30.7 Å². The van der Waals surface area contributed by atoms with Crippen LogP contribution in [0.1, 0.15) is 16.1 Å². The van der Waals surface area contributed by atoms with E-state index in [9.17, 15) is 19.1 Å². The number of aryl methyl sites for hydroxylation is 1. The predicted molar refractivity (Wildman–Crippen MR) is 76.3 cm³/mol. The minimum Gasteiger partial charge on any atom is -0.480 e. The van der Waals surface area contributed by atoms with Crippen molar-refractivity contribution in [3.8, 4) is 0 Å². The number of rotatable bonds is 2. The van der Waals surface area contributed by atoms with Gasteiger partial charge in [-0.25, -0.2) is 9.18 Å². The number of aliphatic carboxylic acids is 1. The highest BCUT2D eigenvalue weighted by molar-refractivity contribution is 6.00. The van der Waals surface area contributed by atoms with Gasteiger partial charge in [0, 0.05) is 17.4 Å². The number of aromatic nitrogens is 1. The molecular formula is C15H15FN2O4. The first-order chi connectivity index (χ1) is 10.5. The smallest absolute Gasteiger partial charge is 0.328 e.